The Morgan fingerprint density at radius 2 is 2.29 bits per heavy atom. The van der Waals surface area contributed by atoms with E-state index in [1.54, 1.807) is 7.11 Å². The zero-order chi connectivity index (χ0) is 15.1. The molecule has 1 N–H and O–H groups in total. The standard InChI is InChI=1S/C16H25NO3S/c1-3-9-17-14(13-8-10-20-11-13)12-21(18)16-7-5-4-6-15(16)19-2/h4-7,13-14,17H,3,8-12H2,1-2H3. The van der Waals surface area contributed by atoms with Gasteiger partial charge in [-0.05, 0) is 31.5 Å². The predicted molar refractivity (Wildman–Crippen MR) is 85.3 cm³/mol. The van der Waals surface area contributed by atoms with Crippen molar-refractivity contribution in [2.75, 3.05) is 32.6 Å². The van der Waals surface area contributed by atoms with Crippen LogP contribution in [0.1, 0.15) is 19.8 Å². The van der Waals surface area contributed by atoms with E-state index in [1.165, 1.54) is 0 Å². The van der Waals surface area contributed by atoms with E-state index in [0.717, 1.165) is 37.5 Å². The summed E-state index contributed by atoms with van der Waals surface area (Å²) in [4.78, 5) is 0.780. The van der Waals surface area contributed by atoms with Gasteiger partial charge < -0.3 is 14.8 Å². The van der Waals surface area contributed by atoms with Crippen LogP contribution < -0.4 is 10.1 Å². The van der Waals surface area contributed by atoms with E-state index >= 15 is 0 Å². The van der Waals surface area contributed by atoms with E-state index in [2.05, 4.69) is 12.2 Å². The Hall–Kier alpha value is -0.910. The summed E-state index contributed by atoms with van der Waals surface area (Å²) in [5.41, 5.74) is 0. The van der Waals surface area contributed by atoms with Crippen LogP contribution in [0.3, 0.4) is 0 Å². The highest BCUT2D eigenvalue weighted by Gasteiger charge is 2.27. The van der Waals surface area contributed by atoms with E-state index in [4.69, 9.17) is 9.47 Å². The van der Waals surface area contributed by atoms with Gasteiger partial charge >= 0.3 is 0 Å². The fourth-order valence-electron chi connectivity index (χ4n) is 2.62. The molecule has 0 aromatic heterocycles. The van der Waals surface area contributed by atoms with E-state index in [9.17, 15) is 4.21 Å². The van der Waals surface area contributed by atoms with E-state index in [-0.39, 0.29) is 6.04 Å². The van der Waals surface area contributed by atoms with Crippen molar-refractivity contribution in [1.82, 2.24) is 5.32 Å². The van der Waals surface area contributed by atoms with Gasteiger partial charge in [-0.25, -0.2) is 0 Å². The van der Waals surface area contributed by atoms with Crippen molar-refractivity contribution < 1.29 is 13.7 Å². The molecule has 2 rings (SSSR count). The highest BCUT2D eigenvalue weighted by Crippen LogP contribution is 2.24. The number of methoxy groups -OCH3 is 1. The maximum absolute atomic E-state index is 12.7. The van der Waals surface area contributed by atoms with Crippen LogP contribution in [0.25, 0.3) is 0 Å². The minimum atomic E-state index is -1.07. The number of rotatable bonds is 8. The van der Waals surface area contributed by atoms with Crippen molar-refractivity contribution in [3.8, 4) is 5.75 Å². The molecule has 118 valence electrons. The lowest BCUT2D eigenvalue weighted by molar-refractivity contribution is 0.179. The number of hydrogen-bond donors (Lipinski definition) is 1. The quantitative estimate of drug-likeness (QED) is 0.799. The second kappa shape index (κ2) is 8.51. The van der Waals surface area contributed by atoms with Crippen LogP contribution in [0.4, 0.5) is 0 Å². The highest BCUT2D eigenvalue weighted by molar-refractivity contribution is 7.85. The molecule has 0 radical (unpaired) electrons. The van der Waals surface area contributed by atoms with Gasteiger partial charge in [0.1, 0.15) is 5.75 Å². The topological polar surface area (TPSA) is 47.6 Å². The summed E-state index contributed by atoms with van der Waals surface area (Å²) in [6.07, 6.45) is 2.12. The second-order valence-corrected chi connectivity index (χ2v) is 6.81. The minimum Gasteiger partial charge on any atom is -0.495 e. The van der Waals surface area contributed by atoms with Gasteiger partial charge in [0.15, 0.2) is 0 Å². The van der Waals surface area contributed by atoms with E-state index in [1.807, 2.05) is 24.3 Å². The van der Waals surface area contributed by atoms with Crippen LogP contribution >= 0.6 is 0 Å². The van der Waals surface area contributed by atoms with Gasteiger partial charge in [0.05, 0.1) is 29.4 Å². The molecule has 1 fully saturated rings. The Labute approximate surface area is 129 Å². The van der Waals surface area contributed by atoms with E-state index < -0.39 is 10.8 Å². The average Bonchev–Trinajstić information content (AvgIpc) is 3.05. The Bertz CT molecular complexity index is 461. The molecular weight excluding hydrogens is 286 g/mol. The van der Waals surface area contributed by atoms with Crippen molar-refractivity contribution in [3.05, 3.63) is 24.3 Å². The summed E-state index contributed by atoms with van der Waals surface area (Å²) in [6, 6.07) is 7.79. The van der Waals surface area contributed by atoms with Crippen LogP contribution in [0.15, 0.2) is 29.2 Å². The number of hydrogen-bond acceptors (Lipinski definition) is 4. The van der Waals surface area contributed by atoms with Crippen molar-refractivity contribution in [2.24, 2.45) is 5.92 Å². The maximum atomic E-state index is 12.7. The number of ether oxygens (including phenoxy) is 2. The van der Waals surface area contributed by atoms with Gasteiger partial charge in [0.2, 0.25) is 0 Å². The molecule has 3 atom stereocenters. The van der Waals surface area contributed by atoms with Crippen LogP contribution in [0.2, 0.25) is 0 Å². The number of benzene rings is 1. The predicted octanol–water partition coefficient (Wildman–Crippen LogP) is 2.21. The van der Waals surface area contributed by atoms with Crippen molar-refractivity contribution in [3.63, 3.8) is 0 Å². The third kappa shape index (κ3) is 4.53. The Morgan fingerprint density at radius 3 is 2.95 bits per heavy atom. The zero-order valence-corrected chi connectivity index (χ0v) is 13.7. The lowest BCUT2D eigenvalue weighted by Crippen LogP contribution is -2.41. The van der Waals surface area contributed by atoms with Crippen LogP contribution in [-0.2, 0) is 15.5 Å². The summed E-state index contributed by atoms with van der Waals surface area (Å²) < 4.78 is 23.5. The zero-order valence-electron chi connectivity index (χ0n) is 12.8. The lowest BCUT2D eigenvalue weighted by Gasteiger charge is -2.23. The van der Waals surface area contributed by atoms with Crippen LogP contribution in [0, 0.1) is 5.92 Å². The van der Waals surface area contributed by atoms with Gasteiger partial charge in [0, 0.05) is 24.3 Å². The first-order valence-electron chi connectivity index (χ1n) is 7.58. The molecule has 0 bridgehead atoms. The highest BCUT2D eigenvalue weighted by atomic mass is 32.2. The van der Waals surface area contributed by atoms with Crippen LogP contribution in [-0.4, -0.2) is 42.9 Å². The fourth-order valence-corrected chi connectivity index (χ4v) is 4.12. The molecular formula is C16H25NO3S. The van der Waals surface area contributed by atoms with Gasteiger partial charge in [-0.1, -0.05) is 19.1 Å². The Morgan fingerprint density at radius 1 is 1.48 bits per heavy atom. The van der Waals surface area contributed by atoms with Gasteiger partial charge in [-0.2, -0.15) is 0 Å². The second-order valence-electron chi connectivity index (χ2n) is 5.35. The Balaban J connectivity index is 2.05. The van der Waals surface area contributed by atoms with Crippen molar-refractivity contribution in [1.29, 1.82) is 0 Å². The van der Waals surface area contributed by atoms with Crippen molar-refractivity contribution in [2.45, 2.75) is 30.7 Å². The summed E-state index contributed by atoms with van der Waals surface area (Å²) in [5, 5.41) is 3.54. The molecule has 1 aliphatic rings. The minimum absolute atomic E-state index is 0.234. The molecule has 5 heteroatoms. The first kappa shape index (κ1) is 16.5. The van der Waals surface area contributed by atoms with E-state index in [0.29, 0.717) is 17.4 Å². The van der Waals surface area contributed by atoms with Gasteiger partial charge in [0.25, 0.3) is 0 Å². The summed E-state index contributed by atoms with van der Waals surface area (Å²) in [7, 11) is 0.551. The van der Waals surface area contributed by atoms with Gasteiger partial charge in [-0.3, -0.25) is 4.21 Å². The third-order valence-corrected chi connectivity index (χ3v) is 5.33. The molecule has 21 heavy (non-hydrogen) atoms. The Kier molecular flexibility index (Phi) is 6.67. The summed E-state index contributed by atoms with van der Waals surface area (Å²) in [5.74, 6) is 1.76. The first-order chi connectivity index (χ1) is 10.3. The molecule has 1 saturated heterocycles. The molecule has 1 heterocycles. The molecule has 0 amide bonds. The third-order valence-electron chi connectivity index (χ3n) is 3.84. The number of para-hydroxylation sites is 1. The number of nitrogens with one attached hydrogen (secondary N) is 1. The molecule has 4 nitrogen and oxygen atoms in total. The molecule has 0 aliphatic carbocycles. The fraction of sp³-hybridized carbons (Fsp3) is 0.625. The average molecular weight is 311 g/mol. The summed E-state index contributed by atoms with van der Waals surface area (Å²) >= 11 is 0. The van der Waals surface area contributed by atoms with Gasteiger partial charge in [-0.15, -0.1) is 0 Å². The molecule has 0 saturated carbocycles. The molecule has 1 aliphatic heterocycles. The van der Waals surface area contributed by atoms with Crippen LogP contribution in [0.5, 0.6) is 5.75 Å². The molecule has 1 aromatic carbocycles. The van der Waals surface area contributed by atoms with Crippen molar-refractivity contribution >= 4 is 10.8 Å². The SMILES string of the molecule is CCCNC(CS(=O)c1ccccc1OC)C1CCOC1. The normalized spacial score (nSPS) is 21.1. The lowest BCUT2D eigenvalue weighted by atomic mass is 10.0. The maximum Gasteiger partial charge on any atom is 0.134 e. The monoisotopic (exact) mass is 311 g/mol. The smallest absolute Gasteiger partial charge is 0.134 e. The first-order valence-corrected chi connectivity index (χ1v) is 8.90. The molecule has 0 spiro atoms. The largest absolute Gasteiger partial charge is 0.495 e. The molecule has 1 aromatic rings. The summed E-state index contributed by atoms with van der Waals surface area (Å²) in [6.45, 7) is 4.68. The molecule has 3 unspecified atom stereocenters.